The van der Waals surface area contributed by atoms with Crippen molar-refractivity contribution < 1.29 is 9.53 Å². The number of carbonyl (C=O) groups is 1. The first-order valence-electron chi connectivity index (χ1n) is 9.22. The SMILES string of the molecule is COc1ccc(/C=C/C=C\C(=O)c2ccc(N3CCN(C)CC3)cc2)cc1. The zero-order valence-electron chi connectivity index (χ0n) is 16.0. The fourth-order valence-electron chi connectivity index (χ4n) is 3.02. The molecule has 4 nitrogen and oxygen atoms in total. The summed E-state index contributed by atoms with van der Waals surface area (Å²) < 4.78 is 5.14. The van der Waals surface area contributed by atoms with Crippen LogP contribution >= 0.6 is 0 Å². The number of carbonyl (C=O) groups excluding carboxylic acids is 1. The number of anilines is 1. The molecule has 1 aliphatic rings. The number of ketones is 1. The molecule has 140 valence electrons. The third kappa shape index (κ3) is 5.31. The van der Waals surface area contributed by atoms with Crippen molar-refractivity contribution in [1.82, 2.24) is 4.90 Å². The molecule has 0 unspecified atom stereocenters. The van der Waals surface area contributed by atoms with Gasteiger partial charge in [0.05, 0.1) is 7.11 Å². The molecular formula is C23H26N2O2. The predicted molar refractivity (Wildman–Crippen MR) is 112 cm³/mol. The van der Waals surface area contributed by atoms with Gasteiger partial charge in [-0.2, -0.15) is 0 Å². The Labute approximate surface area is 161 Å². The Morgan fingerprint density at radius 1 is 0.926 bits per heavy atom. The van der Waals surface area contributed by atoms with Gasteiger partial charge in [-0.1, -0.05) is 30.4 Å². The number of nitrogens with zero attached hydrogens (tertiary/aromatic N) is 2. The second-order valence-electron chi connectivity index (χ2n) is 6.69. The lowest BCUT2D eigenvalue weighted by Gasteiger charge is -2.34. The van der Waals surface area contributed by atoms with Crippen molar-refractivity contribution in [2.24, 2.45) is 0 Å². The lowest BCUT2D eigenvalue weighted by molar-refractivity contribution is 0.104. The van der Waals surface area contributed by atoms with Crippen LogP contribution in [-0.2, 0) is 0 Å². The minimum Gasteiger partial charge on any atom is -0.497 e. The highest BCUT2D eigenvalue weighted by Gasteiger charge is 2.14. The van der Waals surface area contributed by atoms with Crippen LogP contribution in [0.25, 0.3) is 6.08 Å². The van der Waals surface area contributed by atoms with Gasteiger partial charge in [-0.25, -0.2) is 0 Å². The Hall–Kier alpha value is -2.85. The molecule has 1 saturated heterocycles. The number of hydrogen-bond acceptors (Lipinski definition) is 4. The van der Waals surface area contributed by atoms with Gasteiger partial charge in [-0.3, -0.25) is 4.79 Å². The molecule has 1 fully saturated rings. The predicted octanol–water partition coefficient (Wildman–Crippen LogP) is 3.90. The molecule has 0 amide bonds. The first kappa shape index (κ1) is 18.9. The molecule has 0 aromatic heterocycles. The summed E-state index contributed by atoms with van der Waals surface area (Å²) in [6, 6.07) is 15.7. The second-order valence-corrected chi connectivity index (χ2v) is 6.69. The molecule has 4 heteroatoms. The Balaban J connectivity index is 1.55. The van der Waals surface area contributed by atoms with Crippen molar-refractivity contribution in [3.63, 3.8) is 0 Å². The van der Waals surface area contributed by atoms with Gasteiger partial charge in [0.2, 0.25) is 0 Å². The summed E-state index contributed by atoms with van der Waals surface area (Å²) in [6.45, 7) is 4.20. The molecule has 1 heterocycles. The molecule has 0 saturated carbocycles. The molecule has 0 N–H and O–H groups in total. The van der Waals surface area contributed by atoms with E-state index in [9.17, 15) is 4.79 Å². The maximum absolute atomic E-state index is 12.3. The smallest absolute Gasteiger partial charge is 0.185 e. The van der Waals surface area contributed by atoms with Crippen LogP contribution in [-0.4, -0.2) is 51.0 Å². The van der Waals surface area contributed by atoms with E-state index in [4.69, 9.17) is 4.74 Å². The van der Waals surface area contributed by atoms with Crippen molar-refractivity contribution in [2.75, 3.05) is 45.2 Å². The molecule has 27 heavy (non-hydrogen) atoms. The van der Waals surface area contributed by atoms with Crippen LogP contribution in [0, 0.1) is 0 Å². The number of benzene rings is 2. The van der Waals surface area contributed by atoms with Crippen LogP contribution in [0.5, 0.6) is 5.75 Å². The summed E-state index contributed by atoms with van der Waals surface area (Å²) in [6.07, 6.45) is 7.21. The fourth-order valence-corrected chi connectivity index (χ4v) is 3.02. The molecule has 2 aromatic carbocycles. The van der Waals surface area contributed by atoms with Crippen LogP contribution in [0.15, 0.2) is 66.8 Å². The fraction of sp³-hybridized carbons (Fsp3) is 0.261. The van der Waals surface area contributed by atoms with Crippen LogP contribution < -0.4 is 9.64 Å². The molecule has 0 radical (unpaired) electrons. The molecule has 0 bridgehead atoms. The maximum atomic E-state index is 12.3. The van der Waals surface area contributed by atoms with Crippen molar-refractivity contribution in [3.05, 3.63) is 77.9 Å². The summed E-state index contributed by atoms with van der Waals surface area (Å²) in [4.78, 5) is 17.0. The minimum absolute atomic E-state index is 0.0132. The second kappa shape index (κ2) is 9.19. The third-order valence-electron chi connectivity index (χ3n) is 4.78. The highest BCUT2D eigenvalue weighted by molar-refractivity contribution is 6.04. The summed E-state index contributed by atoms with van der Waals surface area (Å²) in [5.74, 6) is 0.845. The van der Waals surface area contributed by atoms with Gasteiger partial charge in [-0.15, -0.1) is 0 Å². The number of allylic oxidation sites excluding steroid dienone is 3. The largest absolute Gasteiger partial charge is 0.497 e. The van der Waals surface area contributed by atoms with Gasteiger partial charge < -0.3 is 14.5 Å². The van der Waals surface area contributed by atoms with Gasteiger partial charge in [-0.05, 0) is 55.1 Å². The third-order valence-corrected chi connectivity index (χ3v) is 4.78. The van der Waals surface area contributed by atoms with Gasteiger partial charge in [0, 0.05) is 37.4 Å². The average Bonchev–Trinajstić information content (AvgIpc) is 2.72. The molecule has 0 aliphatic carbocycles. The van der Waals surface area contributed by atoms with Crippen LogP contribution in [0.1, 0.15) is 15.9 Å². The number of piperazine rings is 1. The van der Waals surface area contributed by atoms with Crippen molar-refractivity contribution >= 4 is 17.5 Å². The van der Waals surface area contributed by atoms with Gasteiger partial charge in [0.1, 0.15) is 5.75 Å². The topological polar surface area (TPSA) is 32.8 Å². The summed E-state index contributed by atoms with van der Waals surface area (Å²) in [7, 11) is 3.80. The number of methoxy groups -OCH3 is 1. The number of hydrogen-bond donors (Lipinski definition) is 0. The van der Waals surface area contributed by atoms with E-state index in [0.29, 0.717) is 5.56 Å². The Bertz CT molecular complexity index is 799. The molecule has 3 rings (SSSR count). The first-order chi connectivity index (χ1) is 13.2. The number of likely N-dealkylation sites (N-methyl/N-ethyl adjacent to an activating group) is 1. The standard InChI is InChI=1S/C23H26N2O2/c1-24-15-17-25(18-16-24)21-11-9-20(10-12-21)23(26)6-4-3-5-19-7-13-22(27-2)14-8-19/h3-14H,15-18H2,1-2H3/b5-3+,6-4-. The quantitative estimate of drug-likeness (QED) is 0.443. The van der Waals surface area contributed by atoms with E-state index in [-0.39, 0.29) is 5.78 Å². The number of ether oxygens (including phenoxy) is 1. The van der Waals surface area contributed by atoms with Gasteiger partial charge in [0.15, 0.2) is 5.78 Å². The van der Waals surface area contributed by atoms with E-state index in [1.807, 2.05) is 60.7 Å². The van der Waals surface area contributed by atoms with Crippen LogP contribution in [0.3, 0.4) is 0 Å². The van der Waals surface area contributed by atoms with Gasteiger partial charge >= 0.3 is 0 Å². The van der Waals surface area contributed by atoms with Crippen molar-refractivity contribution in [3.8, 4) is 5.75 Å². The molecule has 0 spiro atoms. The highest BCUT2D eigenvalue weighted by Crippen LogP contribution is 2.17. The van der Waals surface area contributed by atoms with E-state index < -0.39 is 0 Å². The Kier molecular flexibility index (Phi) is 6.44. The first-order valence-corrected chi connectivity index (χ1v) is 9.22. The van der Waals surface area contributed by atoms with E-state index in [1.54, 1.807) is 19.3 Å². The van der Waals surface area contributed by atoms with E-state index in [0.717, 1.165) is 37.5 Å². The van der Waals surface area contributed by atoms with E-state index in [1.165, 1.54) is 5.69 Å². The van der Waals surface area contributed by atoms with E-state index in [2.05, 4.69) is 16.8 Å². The van der Waals surface area contributed by atoms with Crippen LogP contribution in [0.2, 0.25) is 0 Å². The normalized spacial score (nSPS) is 15.6. The Morgan fingerprint density at radius 2 is 1.59 bits per heavy atom. The monoisotopic (exact) mass is 362 g/mol. The number of rotatable bonds is 6. The molecule has 1 aliphatic heterocycles. The average molecular weight is 362 g/mol. The molecule has 2 aromatic rings. The Morgan fingerprint density at radius 3 is 2.22 bits per heavy atom. The molecule has 0 atom stereocenters. The highest BCUT2D eigenvalue weighted by atomic mass is 16.5. The summed E-state index contributed by atoms with van der Waals surface area (Å²) in [5.41, 5.74) is 2.95. The summed E-state index contributed by atoms with van der Waals surface area (Å²) in [5, 5.41) is 0. The van der Waals surface area contributed by atoms with Gasteiger partial charge in [0.25, 0.3) is 0 Å². The lowest BCUT2D eigenvalue weighted by atomic mass is 10.1. The van der Waals surface area contributed by atoms with E-state index >= 15 is 0 Å². The summed E-state index contributed by atoms with van der Waals surface area (Å²) >= 11 is 0. The zero-order valence-corrected chi connectivity index (χ0v) is 16.0. The maximum Gasteiger partial charge on any atom is 0.185 e. The van der Waals surface area contributed by atoms with Crippen LogP contribution in [0.4, 0.5) is 5.69 Å². The van der Waals surface area contributed by atoms with Crippen molar-refractivity contribution in [1.29, 1.82) is 0 Å². The zero-order chi connectivity index (χ0) is 19.1. The van der Waals surface area contributed by atoms with Crippen molar-refractivity contribution in [2.45, 2.75) is 0 Å². The lowest BCUT2D eigenvalue weighted by Crippen LogP contribution is -2.44. The minimum atomic E-state index is 0.0132. The molecular weight excluding hydrogens is 336 g/mol.